The summed E-state index contributed by atoms with van der Waals surface area (Å²) in [6.07, 6.45) is 4.51. The monoisotopic (exact) mass is 375 g/mol. The lowest BCUT2D eigenvalue weighted by molar-refractivity contribution is 0.0442. The van der Waals surface area contributed by atoms with Gasteiger partial charge in [0.05, 0.1) is 17.1 Å². The molecular formula is C14H18BrNO4S. The average Bonchev–Trinajstić information content (AvgIpc) is 2.90. The predicted molar refractivity (Wildman–Crippen MR) is 82.5 cm³/mol. The molecule has 1 fully saturated rings. The van der Waals surface area contributed by atoms with Crippen LogP contribution in [0.1, 0.15) is 41.6 Å². The summed E-state index contributed by atoms with van der Waals surface area (Å²) in [6.45, 7) is 2.09. The van der Waals surface area contributed by atoms with Crippen LogP contribution in [0.25, 0.3) is 0 Å². The lowest BCUT2D eigenvalue weighted by Crippen LogP contribution is -2.16. The zero-order valence-corrected chi connectivity index (χ0v) is 14.2. The van der Waals surface area contributed by atoms with Crippen molar-refractivity contribution in [2.75, 3.05) is 6.61 Å². The van der Waals surface area contributed by atoms with Gasteiger partial charge in [-0.2, -0.15) is 0 Å². The van der Waals surface area contributed by atoms with E-state index in [1.807, 2.05) is 0 Å². The van der Waals surface area contributed by atoms with Crippen molar-refractivity contribution in [2.45, 2.75) is 37.5 Å². The molecule has 116 valence electrons. The van der Waals surface area contributed by atoms with Crippen LogP contribution < -0.4 is 5.14 Å². The summed E-state index contributed by atoms with van der Waals surface area (Å²) < 4.78 is 28.7. The maximum absolute atomic E-state index is 12.1. The third kappa shape index (κ3) is 4.05. The van der Waals surface area contributed by atoms with Crippen molar-refractivity contribution in [1.29, 1.82) is 0 Å². The minimum Gasteiger partial charge on any atom is -0.462 e. The Morgan fingerprint density at radius 3 is 2.57 bits per heavy atom. The molecule has 0 unspecified atom stereocenters. The van der Waals surface area contributed by atoms with Gasteiger partial charge in [0.2, 0.25) is 10.0 Å². The Bertz CT molecular complexity index is 651. The molecule has 0 aromatic heterocycles. The van der Waals surface area contributed by atoms with Crippen LogP contribution in [0.15, 0.2) is 21.5 Å². The molecule has 0 saturated heterocycles. The van der Waals surface area contributed by atoms with Crippen molar-refractivity contribution in [2.24, 2.45) is 11.1 Å². The van der Waals surface area contributed by atoms with Gasteiger partial charge in [0, 0.05) is 4.47 Å². The molecule has 1 aliphatic rings. The molecule has 0 amide bonds. The molecule has 0 bridgehead atoms. The van der Waals surface area contributed by atoms with Gasteiger partial charge in [0.1, 0.15) is 0 Å². The van der Waals surface area contributed by atoms with E-state index in [2.05, 4.69) is 15.9 Å². The number of primary sulfonamides is 1. The molecule has 0 atom stereocenters. The van der Waals surface area contributed by atoms with E-state index < -0.39 is 16.0 Å². The number of esters is 1. The fraction of sp³-hybridized carbons (Fsp3) is 0.500. The Morgan fingerprint density at radius 1 is 1.38 bits per heavy atom. The number of halogens is 1. The molecule has 0 heterocycles. The molecule has 0 radical (unpaired) electrons. The van der Waals surface area contributed by atoms with Gasteiger partial charge in [-0.05, 0) is 59.3 Å². The summed E-state index contributed by atoms with van der Waals surface area (Å²) in [6, 6.07) is 2.85. The summed E-state index contributed by atoms with van der Waals surface area (Å²) in [5.74, 6) is -0.0920. The van der Waals surface area contributed by atoms with Gasteiger partial charge in [0.25, 0.3) is 0 Å². The molecule has 1 aromatic rings. The maximum atomic E-state index is 12.1. The highest BCUT2D eigenvalue weighted by Crippen LogP contribution is 2.28. The Morgan fingerprint density at radius 2 is 2.00 bits per heavy atom. The van der Waals surface area contributed by atoms with Crippen molar-refractivity contribution in [3.63, 3.8) is 0 Å². The zero-order valence-electron chi connectivity index (χ0n) is 11.8. The van der Waals surface area contributed by atoms with E-state index in [1.54, 1.807) is 13.0 Å². The van der Waals surface area contributed by atoms with Crippen LogP contribution in [0.5, 0.6) is 0 Å². The molecule has 2 N–H and O–H groups in total. The topological polar surface area (TPSA) is 86.5 Å². The van der Waals surface area contributed by atoms with Gasteiger partial charge in [-0.25, -0.2) is 18.4 Å². The molecule has 2 rings (SSSR count). The summed E-state index contributed by atoms with van der Waals surface area (Å²) >= 11 is 3.18. The van der Waals surface area contributed by atoms with Gasteiger partial charge < -0.3 is 4.74 Å². The normalized spacial score (nSPS) is 16.1. The van der Waals surface area contributed by atoms with Crippen molar-refractivity contribution >= 4 is 31.9 Å². The number of aryl methyl sites for hydroxylation is 1. The first-order chi connectivity index (χ1) is 9.79. The number of hydrogen-bond acceptors (Lipinski definition) is 4. The van der Waals surface area contributed by atoms with Crippen molar-refractivity contribution in [3.8, 4) is 0 Å². The molecule has 1 saturated carbocycles. The molecule has 1 aromatic carbocycles. The largest absolute Gasteiger partial charge is 0.462 e. The second-order valence-corrected chi connectivity index (χ2v) is 7.72. The smallest absolute Gasteiger partial charge is 0.338 e. The fourth-order valence-corrected chi connectivity index (χ4v) is 4.12. The SMILES string of the molecule is Cc1cc(C(=O)OCC2CCCC2)cc(S(N)(=O)=O)c1Br. The summed E-state index contributed by atoms with van der Waals surface area (Å²) in [7, 11) is -3.90. The number of hydrogen-bond donors (Lipinski definition) is 1. The Balaban J connectivity index is 2.19. The number of ether oxygens (including phenoxy) is 1. The van der Waals surface area contributed by atoms with Gasteiger partial charge in [0.15, 0.2) is 0 Å². The lowest BCUT2D eigenvalue weighted by Gasteiger charge is -2.12. The van der Waals surface area contributed by atoms with E-state index in [-0.39, 0.29) is 10.5 Å². The number of carbonyl (C=O) groups excluding carboxylic acids is 1. The summed E-state index contributed by atoms with van der Waals surface area (Å²) in [5, 5.41) is 5.16. The first-order valence-corrected chi connectivity index (χ1v) is 9.13. The summed E-state index contributed by atoms with van der Waals surface area (Å²) in [5.41, 5.74) is 0.826. The third-order valence-electron chi connectivity index (χ3n) is 3.69. The third-order valence-corrected chi connectivity index (χ3v) is 5.94. The Hall–Kier alpha value is -0.920. The van der Waals surface area contributed by atoms with Crippen molar-refractivity contribution < 1.29 is 17.9 Å². The first-order valence-electron chi connectivity index (χ1n) is 6.79. The maximum Gasteiger partial charge on any atom is 0.338 e. The van der Waals surface area contributed by atoms with Crippen LogP contribution >= 0.6 is 15.9 Å². The average molecular weight is 376 g/mol. The second-order valence-electron chi connectivity index (χ2n) is 5.40. The molecular weight excluding hydrogens is 358 g/mol. The molecule has 5 nitrogen and oxygen atoms in total. The minimum absolute atomic E-state index is 0.102. The van der Waals surface area contributed by atoms with Crippen molar-refractivity contribution in [3.05, 3.63) is 27.7 Å². The van der Waals surface area contributed by atoms with E-state index in [4.69, 9.17) is 9.88 Å². The highest BCUT2D eigenvalue weighted by atomic mass is 79.9. The van der Waals surface area contributed by atoms with Crippen molar-refractivity contribution in [1.82, 2.24) is 0 Å². The zero-order chi connectivity index (χ0) is 15.6. The number of rotatable bonds is 4. The number of benzene rings is 1. The van der Waals surface area contributed by atoms with E-state index in [9.17, 15) is 13.2 Å². The standard InChI is InChI=1S/C14H18BrNO4S/c1-9-6-11(7-12(13(9)15)21(16,18)19)14(17)20-8-10-4-2-3-5-10/h6-7,10H,2-5,8H2,1H3,(H2,16,18,19). The molecule has 7 heteroatoms. The Labute approximate surface area is 133 Å². The van der Waals surface area contributed by atoms with Gasteiger partial charge in [-0.15, -0.1) is 0 Å². The number of nitrogens with two attached hydrogens (primary N) is 1. The Kier molecular flexibility index (Phi) is 5.06. The predicted octanol–water partition coefficient (Wildman–Crippen LogP) is 2.75. The van der Waals surface area contributed by atoms with Gasteiger partial charge in [-0.3, -0.25) is 0 Å². The fourth-order valence-electron chi connectivity index (χ4n) is 2.52. The summed E-state index contributed by atoms with van der Waals surface area (Å²) in [4.78, 5) is 12.0. The second kappa shape index (κ2) is 6.46. The van der Waals surface area contributed by atoms with Crippen LogP contribution in [-0.4, -0.2) is 21.0 Å². The first kappa shape index (κ1) is 16.5. The highest BCUT2D eigenvalue weighted by molar-refractivity contribution is 9.10. The molecule has 0 spiro atoms. The number of carbonyl (C=O) groups is 1. The van der Waals surface area contributed by atoms with Gasteiger partial charge >= 0.3 is 5.97 Å². The van der Waals surface area contributed by atoms with Crippen LogP contribution in [0.2, 0.25) is 0 Å². The highest BCUT2D eigenvalue weighted by Gasteiger charge is 2.21. The van der Waals surface area contributed by atoms with E-state index in [0.29, 0.717) is 22.6 Å². The quantitative estimate of drug-likeness (QED) is 0.819. The van der Waals surface area contributed by atoms with Crippen LogP contribution in [0, 0.1) is 12.8 Å². The van der Waals surface area contributed by atoms with E-state index >= 15 is 0 Å². The molecule has 21 heavy (non-hydrogen) atoms. The van der Waals surface area contributed by atoms with Gasteiger partial charge in [-0.1, -0.05) is 12.8 Å². The lowest BCUT2D eigenvalue weighted by atomic mass is 10.1. The minimum atomic E-state index is -3.90. The van der Waals surface area contributed by atoms with E-state index in [1.165, 1.54) is 18.9 Å². The van der Waals surface area contributed by atoms with Crippen LogP contribution in [0.3, 0.4) is 0 Å². The number of sulfonamides is 1. The van der Waals surface area contributed by atoms with Crippen LogP contribution in [-0.2, 0) is 14.8 Å². The molecule has 1 aliphatic carbocycles. The van der Waals surface area contributed by atoms with Crippen LogP contribution in [0.4, 0.5) is 0 Å². The van der Waals surface area contributed by atoms with E-state index in [0.717, 1.165) is 12.8 Å². The molecule has 0 aliphatic heterocycles.